The Hall–Kier alpha value is -2.09. The fourth-order valence-corrected chi connectivity index (χ4v) is 3.39. The second-order valence-corrected chi connectivity index (χ2v) is 5.73. The van der Waals surface area contributed by atoms with Gasteiger partial charge in [-0.2, -0.15) is 0 Å². The van der Waals surface area contributed by atoms with Crippen LogP contribution in [0.3, 0.4) is 0 Å². The molecule has 2 aromatic rings. The van der Waals surface area contributed by atoms with E-state index in [4.69, 9.17) is 4.74 Å². The predicted molar refractivity (Wildman–Crippen MR) is 79.4 cm³/mol. The number of aromatic nitrogens is 3. The molecule has 0 saturated carbocycles. The zero-order valence-corrected chi connectivity index (χ0v) is 12.8. The van der Waals surface area contributed by atoms with Gasteiger partial charge in [-0.3, -0.25) is 0 Å². The van der Waals surface area contributed by atoms with Crippen LogP contribution < -0.4 is 4.90 Å². The number of nitrogens with zero attached hydrogens (tertiary/aromatic N) is 4. The molecule has 1 aliphatic rings. The number of carbonyl (C=O) groups is 1. The van der Waals surface area contributed by atoms with Crippen LogP contribution in [0.2, 0.25) is 0 Å². The van der Waals surface area contributed by atoms with Crippen molar-refractivity contribution in [3.05, 3.63) is 34.3 Å². The molecule has 0 N–H and O–H groups in total. The third-order valence-corrected chi connectivity index (χ3v) is 4.35. The predicted octanol–water partition coefficient (Wildman–Crippen LogP) is 2.59. The number of esters is 1. The third-order valence-electron chi connectivity index (χ3n) is 3.41. The normalized spacial score (nSPS) is 17.7. The van der Waals surface area contributed by atoms with Crippen molar-refractivity contribution in [2.24, 2.45) is 0 Å². The number of halogens is 1. The number of thiazole rings is 1. The number of ether oxygens (including phenoxy) is 1. The van der Waals surface area contributed by atoms with Crippen LogP contribution in [0, 0.1) is 5.82 Å². The van der Waals surface area contributed by atoms with Gasteiger partial charge < -0.3 is 9.64 Å². The second kappa shape index (κ2) is 6.35. The Morgan fingerprint density at radius 2 is 2.27 bits per heavy atom. The Kier molecular flexibility index (Phi) is 4.28. The maximum atomic E-state index is 13.0. The standard InChI is InChI=1S/C14H15FN4O2S/c1-2-21-13(20)10-8-22-12(18-10)11-4-3-5-19(11)14-16-6-9(15)7-17-14/h6-8,11H,2-5H2,1H3. The molecule has 116 valence electrons. The first kappa shape index (κ1) is 14.8. The highest BCUT2D eigenvalue weighted by molar-refractivity contribution is 7.09. The molecule has 6 nitrogen and oxygen atoms in total. The van der Waals surface area contributed by atoms with E-state index < -0.39 is 11.8 Å². The van der Waals surface area contributed by atoms with E-state index in [0.29, 0.717) is 18.2 Å². The second-order valence-electron chi connectivity index (χ2n) is 4.84. The molecule has 0 spiro atoms. The summed E-state index contributed by atoms with van der Waals surface area (Å²) in [6.45, 7) is 2.87. The number of anilines is 1. The van der Waals surface area contributed by atoms with Crippen molar-refractivity contribution in [2.75, 3.05) is 18.1 Å². The van der Waals surface area contributed by atoms with Crippen LogP contribution in [0.1, 0.15) is 41.3 Å². The minimum Gasteiger partial charge on any atom is -0.461 e. The van der Waals surface area contributed by atoms with Crippen molar-refractivity contribution in [3.8, 4) is 0 Å². The zero-order valence-electron chi connectivity index (χ0n) is 12.0. The van der Waals surface area contributed by atoms with Crippen LogP contribution in [0.4, 0.5) is 10.3 Å². The van der Waals surface area contributed by atoms with Crippen LogP contribution in [-0.2, 0) is 4.74 Å². The lowest BCUT2D eigenvalue weighted by Crippen LogP contribution is -2.24. The number of hydrogen-bond donors (Lipinski definition) is 0. The molecule has 1 aliphatic heterocycles. The van der Waals surface area contributed by atoms with Gasteiger partial charge in [0, 0.05) is 11.9 Å². The molecule has 0 bridgehead atoms. The summed E-state index contributed by atoms with van der Waals surface area (Å²) in [5.41, 5.74) is 0.328. The first-order valence-corrected chi connectivity index (χ1v) is 7.93. The molecule has 1 atom stereocenters. The Morgan fingerprint density at radius 1 is 1.50 bits per heavy atom. The topological polar surface area (TPSA) is 68.2 Å². The van der Waals surface area contributed by atoms with Crippen LogP contribution >= 0.6 is 11.3 Å². The lowest BCUT2D eigenvalue weighted by Gasteiger charge is -2.22. The molecule has 0 aromatic carbocycles. The number of carbonyl (C=O) groups excluding carboxylic acids is 1. The number of rotatable bonds is 4. The lowest BCUT2D eigenvalue weighted by atomic mass is 10.2. The first-order chi connectivity index (χ1) is 10.7. The molecule has 1 unspecified atom stereocenters. The van der Waals surface area contributed by atoms with E-state index in [1.54, 1.807) is 12.3 Å². The van der Waals surface area contributed by atoms with Crippen molar-refractivity contribution >= 4 is 23.3 Å². The summed E-state index contributed by atoms with van der Waals surface area (Å²) in [4.78, 5) is 26.1. The Balaban J connectivity index is 1.81. The highest BCUT2D eigenvalue weighted by Crippen LogP contribution is 2.35. The van der Waals surface area contributed by atoms with Crippen molar-refractivity contribution in [1.82, 2.24) is 15.0 Å². The van der Waals surface area contributed by atoms with Gasteiger partial charge in [0.05, 0.1) is 25.0 Å². The SMILES string of the molecule is CCOC(=O)c1csc(C2CCCN2c2ncc(F)cn2)n1. The molecule has 0 aliphatic carbocycles. The average Bonchev–Trinajstić information content (AvgIpc) is 3.17. The Morgan fingerprint density at radius 3 is 3.00 bits per heavy atom. The first-order valence-electron chi connectivity index (χ1n) is 7.05. The minimum absolute atomic E-state index is 0.0126. The molecule has 0 radical (unpaired) electrons. The molecule has 3 heterocycles. The average molecular weight is 322 g/mol. The molecule has 8 heteroatoms. The van der Waals surface area contributed by atoms with Gasteiger partial charge in [-0.1, -0.05) is 0 Å². The van der Waals surface area contributed by atoms with Crippen molar-refractivity contribution in [2.45, 2.75) is 25.8 Å². The van der Waals surface area contributed by atoms with Gasteiger partial charge in [0.1, 0.15) is 5.01 Å². The Labute approximate surface area is 131 Å². The van der Waals surface area contributed by atoms with Gasteiger partial charge in [-0.15, -0.1) is 11.3 Å². The third kappa shape index (κ3) is 2.92. The highest BCUT2D eigenvalue weighted by atomic mass is 32.1. The van der Waals surface area contributed by atoms with E-state index >= 15 is 0 Å². The van der Waals surface area contributed by atoms with Crippen molar-refractivity contribution in [3.63, 3.8) is 0 Å². The van der Waals surface area contributed by atoms with E-state index in [-0.39, 0.29) is 6.04 Å². The summed E-state index contributed by atoms with van der Waals surface area (Å²) in [6.07, 6.45) is 4.18. The molecule has 1 fully saturated rings. The molecule has 1 saturated heterocycles. The quantitative estimate of drug-likeness (QED) is 0.806. The van der Waals surface area contributed by atoms with E-state index in [2.05, 4.69) is 15.0 Å². The van der Waals surface area contributed by atoms with Gasteiger partial charge >= 0.3 is 5.97 Å². The fourth-order valence-electron chi connectivity index (χ4n) is 2.46. The van der Waals surface area contributed by atoms with Crippen molar-refractivity contribution < 1.29 is 13.9 Å². The Bertz CT molecular complexity index is 661. The smallest absolute Gasteiger partial charge is 0.357 e. The maximum absolute atomic E-state index is 13.0. The fraction of sp³-hybridized carbons (Fsp3) is 0.429. The summed E-state index contributed by atoms with van der Waals surface area (Å²) in [7, 11) is 0. The van der Waals surface area contributed by atoms with Crippen molar-refractivity contribution in [1.29, 1.82) is 0 Å². The van der Waals surface area contributed by atoms with Gasteiger partial charge in [0.15, 0.2) is 11.5 Å². The van der Waals surface area contributed by atoms with Crippen LogP contribution in [0.25, 0.3) is 0 Å². The van der Waals surface area contributed by atoms with Gasteiger partial charge in [-0.25, -0.2) is 24.1 Å². The van der Waals surface area contributed by atoms with Gasteiger partial charge in [0.25, 0.3) is 0 Å². The summed E-state index contributed by atoms with van der Waals surface area (Å²) >= 11 is 1.42. The lowest BCUT2D eigenvalue weighted by molar-refractivity contribution is 0.0520. The highest BCUT2D eigenvalue weighted by Gasteiger charge is 2.31. The van der Waals surface area contributed by atoms with Gasteiger partial charge in [-0.05, 0) is 19.8 Å². The summed E-state index contributed by atoms with van der Waals surface area (Å²) in [5, 5.41) is 2.53. The zero-order chi connectivity index (χ0) is 15.5. The maximum Gasteiger partial charge on any atom is 0.357 e. The van der Waals surface area contributed by atoms with E-state index in [0.717, 1.165) is 36.8 Å². The van der Waals surface area contributed by atoms with E-state index in [1.165, 1.54) is 11.3 Å². The summed E-state index contributed by atoms with van der Waals surface area (Å²) in [6, 6.07) is 0.0126. The molecular formula is C14H15FN4O2S. The number of hydrogen-bond acceptors (Lipinski definition) is 7. The monoisotopic (exact) mass is 322 g/mol. The molecule has 22 heavy (non-hydrogen) atoms. The molecule has 2 aromatic heterocycles. The minimum atomic E-state index is -0.460. The van der Waals surface area contributed by atoms with Crippen LogP contribution in [0.15, 0.2) is 17.8 Å². The van der Waals surface area contributed by atoms with Crippen LogP contribution in [-0.4, -0.2) is 34.1 Å². The molecule has 3 rings (SSSR count). The summed E-state index contributed by atoms with van der Waals surface area (Å²) < 4.78 is 17.9. The molecular weight excluding hydrogens is 307 g/mol. The van der Waals surface area contributed by atoms with Crippen LogP contribution in [0.5, 0.6) is 0 Å². The summed E-state index contributed by atoms with van der Waals surface area (Å²) in [5.74, 6) is -0.386. The largest absolute Gasteiger partial charge is 0.461 e. The molecule has 0 amide bonds. The van der Waals surface area contributed by atoms with E-state index in [1.807, 2.05) is 4.90 Å². The van der Waals surface area contributed by atoms with Gasteiger partial charge in [0.2, 0.25) is 5.95 Å². The van der Waals surface area contributed by atoms with E-state index in [9.17, 15) is 9.18 Å².